The Morgan fingerprint density at radius 1 is 1.11 bits per heavy atom. The van der Waals surface area contributed by atoms with Crippen molar-refractivity contribution < 1.29 is 4.74 Å². The van der Waals surface area contributed by atoms with E-state index in [0.29, 0.717) is 11.6 Å². The second kappa shape index (κ2) is 5.00. The summed E-state index contributed by atoms with van der Waals surface area (Å²) >= 11 is 0. The van der Waals surface area contributed by atoms with Gasteiger partial charge in [-0.3, -0.25) is 4.98 Å². The Hall–Kier alpha value is -2.17. The Balaban J connectivity index is 2.33. The van der Waals surface area contributed by atoms with Gasteiger partial charge >= 0.3 is 0 Å². The monoisotopic (exact) mass is 244 g/mol. The number of nitrogens with two attached hydrogens (primary N) is 1. The van der Waals surface area contributed by atoms with Crippen molar-refractivity contribution in [3.8, 4) is 11.6 Å². The van der Waals surface area contributed by atoms with Crippen LogP contribution in [0.15, 0.2) is 18.2 Å². The van der Waals surface area contributed by atoms with Crippen LogP contribution in [0.25, 0.3) is 0 Å². The van der Waals surface area contributed by atoms with E-state index >= 15 is 0 Å². The zero-order valence-corrected chi connectivity index (χ0v) is 10.8. The van der Waals surface area contributed by atoms with Crippen LogP contribution in [0.2, 0.25) is 0 Å². The summed E-state index contributed by atoms with van der Waals surface area (Å²) in [7, 11) is 0. The van der Waals surface area contributed by atoms with Gasteiger partial charge in [0.1, 0.15) is 0 Å². The van der Waals surface area contributed by atoms with E-state index in [2.05, 4.69) is 15.0 Å². The molecule has 0 radical (unpaired) electrons. The fourth-order valence-electron chi connectivity index (χ4n) is 1.67. The highest BCUT2D eigenvalue weighted by molar-refractivity contribution is 5.34. The van der Waals surface area contributed by atoms with Crippen LogP contribution in [0.5, 0.6) is 11.6 Å². The third-order valence-corrected chi connectivity index (χ3v) is 2.47. The minimum atomic E-state index is 0.211. The van der Waals surface area contributed by atoms with Gasteiger partial charge in [0.05, 0.1) is 5.69 Å². The van der Waals surface area contributed by atoms with Gasteiger partial charge in [-0.1, -0.05) is 6.92 Å². The van der Waals surface area contributed by atoms with Crippen molar-refractivity contribution in [2.45, 2.75) is 27.2 Å². The van der Waals surface area contributed by atoms with Crippen LogP contribution in [0.4, 0.5) is 5.95 Å². The summed E-state index contributed by atoms with van der Waals surface area (Å²) in [4.78, 5) is 12.5. The largest absolute Gasteiger partial charge is 0.437 e. The van der Waals surface area contributed by atoms with Crippen molar-refractivity contribution in [2.75, 3.05) is 5.73 Å². The van der Waals surface area contributed by atoms with Crippen molar-refractivity contribution in [2.24, 2.45) is 0 Å². The van der Waals surface area contributed by atoms with E-state index in [-0.39, 0.29) is 5.95 Å². The molecule has 0 unspecified atom stereocenters. The minimum Gasteiger partial charge on any atom is -0.437 e. The lowest BCUT2D eigenvalue weighted by Gasteiger charge is -2.09. The molecular formula is C13H16N4O. The van der Waals surface area contributed by atoms with Crippen LogP contribution < -0.4 is 10.5 Å². The number of ether oxygens (including phenoxy) is 1. The molecule has 0 atom stereocenters. The van der Waals surface area contributed by atoms with E-state index in [9.17, 15) is 0 Å². The van der Waals surface area contributed by atoms with Crippen molar-refractivity contribution in [1.82, 2.24) is 15.0 Å². The predicted molar refractivity (Wildman–Crippen MR) is 69.6 cm³/mol. The average molecular weight is 244 g/mol. The van der Waals surface area contributed by atoms with E-state index in [1.807, 2.05) is 32.9 Å². The van der Waals surface area contributed by atoms with Crippen molar-refractivity contribution in [1.29, 1.82) is 0 Å². The van der Waals surface area contributed by atoms with Crippen LogP contribution >= 0.6 is 0 Å². The molecule has 5 heteroatoms. The molecule has 5 nitrogen and oxygen atoms in total. The first-order valence-electron chi connectivity index (χ1n) is 5.84. The summed E-state index contributed by atoms with van der Waals surface area (Å²) in [6.45, 7) is 5.84. The number of anilines is 1. The first-order valence-corrected chi connectivity index (χ1v) is 5.84. The Kier molecular flexibility index (Phi) is 3.41. The van der Waals surface area contributed by atoms with Crippen molar-refractivity contribution in [3.63, 3.8) is 0 Å². The van der Waals surface area contributed by atoms with Gasteiger partial charge in [0.25, 0.3) is 0 Å². The van der Waals surface area contributed by atoms with Gasteiger partial charge in [-0.2, -0.15) is 4.98 Å². The standard InChI is InChI=1S/C13H16N4O/c1-4-10-11(6-5-8(2)15-10)18-12-7-9(3)16-13(14)17-12/h5-7H,4H2,1-3H3,(H2,14,16,17). The Bertz CT molecular complexity index is 549. The zero-order chi connectivity index (χ0) is 13.1. The minimum absolute atomic E-state index is 0.211. The second-order valence-corrected chi connectivity index (χ2v) is 4.06. The summed E-state index contributed by atoms with van der Waals surface area (Å²) in [5.74, 6) is 1.36. The summed E-state index contributed by atoms with van der Waals surface area (Å²) < 4.78 is 5.72. The number of nitrogen functional groups attached to an aromatic ring is 1. The van der Waals surface area contributed by atoms with Crippen molar-refractivity contribution in [3.05, 3.63) is 35.3 Å². The van der Waals surface area contributed by atoms with Gasteiger partial charge < -0.3 is 10.5 Å². The smallest absolute Gasteiger partial charge is 0.224 e. The molecular weight excluding hydrogens is 228 g/mol. The molecule has 2 rings (SSSR count). The lowest BCUT2D eigenvalue weighted by molar-refractivity contribution is 0.453. The topological polar surface area (TPSA) is 73.9 Å². The average Bonchev–Trinajstić information content (AvgIpc) is 2.30. The molecule has 18 heavy (non-hydrogen) atoms. The molecule has 2 aromatic rings. The van der Waals surface area contributed by atoms with E-state index in [1.165, 1.54) is 0 Å². The maximum absolute atomic E-state index is 5.72. The van der Waals surface area contributed by atoms with Crippen molar-refractivity contribution >= 4 is 5.95 Å². The Morgan fingerprint density at radius 3 is 2.56 bits per heavy atom. The fraction of sp³-hybridized carbons (Fsp3) is 0.308. The number of rotatable bonds is 3. The molecule has 0 amide bonds. The molecule has 0 aliphatic carbocycles. The maximum atomic E-state index is 5.72. The van der Waals surface area contributed by atoms with Crippen LogP contribution in [0.3, 0.4) is 0 Å². The van der Waals surface area contributed by atoms with E-state index < -0.39 is 0 Å². The summed E-state index contributed by atoms with van der Waals surface area (Å²) in [6, 6.07) is 5.55. The quantitative estimate of drug-likeness (QED) is 0.897. The number of nitrogens with zero attached hydrogens (tertiary/aromatic N) is 3. The lowest BCUT2D eigenvalue weighted by atomic mass is 10.2. The molecule has 0 aliphatic rings. The van der Waals surface area contributed by atoms with Gasteiger partial charge in [-0.25, -0.2) is 4.98 Å². The SMILES string of the molecule is CCc1nc(C)ccc1Oc1cc(C)nc(N)n1. The number of hydrogen-bond donors (Lipinski definition) is 1. The second-order valence-electron chi connectivity index (χ2n) is 4.06. The van der Waals surface area contributed by atoms with Crippen LogP contribution in [-0.2, 0) is 6.42 Å². The molecule has 0 aliphatic heterocycles. The molecule has 0 saturated heterocycles. The number of aryl methyl sites for hydroxylation is 3. The van der Waals surface area contributed by atoms with Crippen LogP contribution in [0.1, 0.15) is 24.0 Å². The number of hydrogen-bond acceptors (Lipinski definition) is 5. The third kappa shape index (κ3) is 2.74. The van der Waals surface area contributed by atoms with E-state index in [0.717, 1.165) is 23.5 Å². The van der Waals surface area contributed by atoms with Crippen LogP contribution in [-0.4, -0.2) is 15.0 Å². The van der Waals surface area contributed by atoms with Gasteiger partial charge in [0, 0.05) is 17.5 Å². The van der Waals surface area contributed by atoms with Gasteiger partial charge in [-0.05, 0) is 32.4 Å². The molecule has 2 N–H and O–H groups in total. The highest BCUT2D eigenvalue weighted by atomic mass is 16.5. The Morgan fingerprint density at radius 2 is 1.89 bits per heavy atom. The first kappa shape index (κ1) is 12.3. The maximum Gasteiger partial charge on any atom is 0.224 e. The molecule has 0 fully saturated rings. The lowest BCUT2D eigenvalue weighted by Crippen LogP contribution is -2.01. The molecule has 0 aromatic carbocycles. The highest BCUT2D eigenvalue weighted by Crippen LogP contribution is 2.24. The Labute approximate surface area is 106 Å². The van der Waals surface area contributed by atoms with E-state index in [4.69, 9.17) is 10.5 Å². The summed E-state index contributed by atoms with van der Waals surface area (Å²) in [5.41, 5.74) is 8.24. The molecule has 0 saturated carbocycles. The summed E-state index contributed by atoms with van der Waals surface area (Å²) in [5, 5.41) is 0. The summed E-state index contributed by atoms with van der Waals surface area (Å²) in [6.07, 6.45) is 0.802. The van der Waals surface area contributed by atoms with Crippen LogP contribution in [0, 0.1) is 13.8 Å². The zero-order valence-electron chi connectivity index (χ0n) is 10.8. The molecule has 0 spiro atoms. The highest BCUT2D eigenvalue weighted by Gasteiger charge is 2.07. The normalized spacial score (nSPS) is 10.4. The molecule has 0 bridgehead atoms. The first-order chi connectivity index (χ1) is 8.58. The van der Waals surface area contributed by atoms with E-state index in [1.54, 1.807) is 6.07 Å². The molecule has 2 aromatic heterocycles. The van der Waals surface area contributed by atoms with Gasteiger partial charge in [0.2, 0.25) is 11.8 Å². The number of pyridine rings is 1. The molecule has 2 heterocycles. The predicted octanol–water partition coefficient (Wildman–Crippen LogP) is 2.43. The van der Waals surface area contributed by atoms with Gasteiger partial charge in [0.15, 0.2) is 5.75 Å². The fourth-order valence-corrected chi connectivity index (χ4v) is 1.67. The molecule has 94 valence electrons. The van der Waals surface area contributed by atoms with Gasteiger partial charge in [-0.15, -0.1) is 0 Å². The number of aromatic nitrogens is 3. The third-order valence-electron chi connectivity index (χ3n) is 2.47.